The third-order valence-corrected chi connectivity index (χ3v) is 5.76. The molecule has 27 heavy (non-hydrogen) atoms. The first kappa shape index (κ1) is 19.8. The fraction of sp³-hybridized carbons (Fsp3) is 0.524. The number of hydrogen-bond acceptors (Lipinski definition) is 4. The predicted octanol–water partition coefficient (Wildman–Crippen LogP) is 3.30. The highest BCUT2D eigenvalue weighted by Gasteiger charge is 2.23. The zero-order valence-electron chi connectivity index (χ0n) is 16.1. The number of carbonyl (C=O) groups excluding carboxylic acids is 2. The monoisotopic (exact) mass is 387 g/mol. The van der Waals surface area contributed by atoms with Gasteiger partial charge in [-0.3, -0.25) is 9.59 Å². The second-order valence-electron chi connectivity index (χ2n) is 7.68. The van der Waals surface area contributed by atoms with E-state index in [1.165, 1.54) is 24.2 Å². The van der Waals surface area contributed by atoms with Crippen molar-refractivity contribution in [1.82, 2.24) is 16.0 Å². The van der Waals surface area contributed by atoms with Crippen LogP contribution in [-0.2, 0) is 4.79 Å². The van der Waals surface area contributed by atoms with E-state index in [0.29, 0.717) is 29.8 Å². The highest BCUT2D eigenvalue weighted by molar-refractivity contribution is 7.20. The Morgan fingerprint density at radius 2 is 1.96 bits per heavy atom. The smallest absolute Gasteiger partial charge is 0.262 e. The van der Waals surface area contributed by atoms with Crippen LogP contribution in [0, 0.1) is 5.92 Å². The predicted molar refractivity (Wildman–Crippen MR) is 111 cm³/mol. The van der Waals surface area contributed by atoms with Crippen LogP contribution in [0.5, 0.6) is 0 Å². The third kappa shape index (κ3) is 6.04. The van der Waals surface area contributed by atoms with E-state index in [-0.39, 0.29) is 11.8 Å². The molecule has 0 spiro atoms. The topological polar surface area (TPSA) is 70.2 Å². The second-order valence-corrected chi connectivity index (χ2v) is 8.76. The Bertz CT molecular complexity index is 750. The highest BCUT2D eigenvalue weighted by atomic mass is 32.1. The number of carbonyl (C=O) groups is 2. The van der Waals surface area contributed by atoms with Crippen molar-refractivity contribution in [3.63, 3.8) is 0 Å². The van der Waals surface area contributed by atoms with Crippen LogP contribution < -0.4 is 16.0 Å². The minimum atomic E-state index is -0.501. The third-order valence-electron chi connectivity index (χ3n) is 4.64. The summed E-state index contributed by atoms with van der Waals surface area (Å²) in [5.41, 5.74) is 0. The van der Waals surface area contributed by atoms with Gasteiger partial charge in [-0.15, -0.1) is 11.3 Å². The Hall–Kier alpha value is -1.92. The molecular formula is C21H29N3O2S. The molecule has 2 aromatic rings. The van der Waals surface area contributed by atoms with Gasteiger partial charge in [-0.05, 0) is 55.7 Å². The number of fused-ring (bicyclic) bond motifs is 1. The van der Waals surface area contributed by atoms with Crippen LogP contribution in [0.4, 0.5) is 0 Å². The van der Waals surface area contributed by atoms with Gasteiger partial charge in [0, 0.05) is 17.3 Å². The molecule has 1 aliphatic carbocycles. The van der Waals surface area contributed by atoms with Gasteiger partial charge >= 0.3 is 0 Å². The van der Waals surface area contributed by atoms with Gasteiger partial charge in [0.1, 0.15) is 6.04 Å². The van der Waals surface area contributed by atoms with Crippen LogP contribution in [0.3, 0.4) is 0 Å². The standard InChI is InChI=1S/C21H29N3O2S/c1-14(2)12-17(20(25)23-11-5-10-22-16-8-9-16)24-21(26)19-13-15-6-3-4-7-18(15)27-19/h3-4,6-7,13-14,16-17,22H,5,8-12H2,1-2H3,(H,23,25)(H,24,26)/t17-/m0/s1. The lowest BCUT2D eigenvalue weighted by atomic mass is 10.0. The first-order valence-corrected chi connectivity index (χ1v) is 10.6. The van der Waals surface area contributed by atoms with Crippen molar-refractivity contribution in [1.29, 1.82) is 0 Å². The summed E-state index contributed by atoms with van der Waals surface area (Å²) in [6.07, 6.45) is 4.07. The SMILES string of the molecule is CC(C)C[C@H](NC(=O)c1cc2ccccc2s1)C(=O)NCCCNC1CC1. The number of hydrogen-bond donors (Lipinski definition) is 3. The molecule has 1 atom stereocenters. The molecule has 0 unspecified atom stereocenters. The van der Waals surface area contributed by atoms with E-state index < -0.39 is 6.04 Å². The van der Waals surface area contributed by atoms with Gasteiger partial charge in [0.15, 0.2) is 0 Å². The summed E-state index contributed by atoms with van der Waals surface area (Å²) in [6.45, 7) is 5.68. The molecule has 1 saturated carbocycles. The summed E-state index contributed by atoms with van der Waals surface area (Å²) in [5.74, 6) is 0.0528. The number of benzene rings is 1. The molecule has 1 heterocycles. The minimum absolute atomic E-state index is 0.0930. The van der Waals surface area contributed by atoms with E-state index in [4.69, 9.17) is 0 Å². The lowest BCUT2D eigenvalue weighted by Crippen LogP contribution is -2.47. The molecule has 1 aromatic heterocycles. The molecule has 5 nitrogen and oxygen atoms in total. The van der Waals surface area contributed by atoms with E-state index in [2.05, 4.69) is 29.8 Å². The largest absolute Gasteiger partial charge is 0.354 e. The Morgan fingerprint density at radius 1 is 1.19 bits per heavy atom. The molecule has 3 rings (SSSR count). The first-order valence-electron chi connectivity index (χ1n) is 9.83. The van der Waals surface area contributed by atoms with Crippen LogP contribution in [0.1, 0.15) is 49.2 Å². The molecule has 146 valence electrons. The molecule has 3 N–H and O–H groups in total. The zero-order chi connectivity index (χ0) is 19.2. The molecule has 0 aliphatic heterocycles. The van der Waals surface area contributed by atoms with Crippen LogP contribution in [-0.4, -0.2) is 37.0 Å². The quantitative estimate of drug-likeness (QED) is 0.548. The Kier molecular flexibility index (Phi) is 6.85. The molecular weight excluding hydrogens is 358 g/mol. The summed E-state index contributed by atoms with van der Waals surface area (Å²) < 4.78 is 1.08. The number of nitrogens with one attached hydrogen (secondary N) is 3. The van der Waals surface area contributed by atoms with Gasteiger partial charge in [-0.25, -0.2) is 0 Å². The van der Waals surface area contributed by atoms with Crippen molar-refractivity contribution in [2.75, 3.05) is 13.1 Å². The van der Waals surface area contributed by atoms with E-state index in [1.54, 1.807) is 0 Å². The van der Waals surface area contributed by atoms with Crippen LogP contribution in [0.25, 0.3) is 10.1 Å². The maximum atomic E-state index is 12.7. The molecule has 1 aromatic carbocycles. The van der Waals surface area contributed by atoms with Crippen molar-refractivity contribution < 1.29 is 9.59 Å². The lowest BCUT2D eigenvalue weighted by Gasteiger charge is -2.20. The summed E-state index contributed by atoms with van der Waals surface area (Å²) in [6, 6.07) is 10.0. The van der Waals surface area contributed by atoms with Gasteiger partial charge in [0.05, 0.1) is 4.88 Å². The average molecular weight is 388 g/mol. The van der Waals surface area contributed by atoms with Gasteiger partial charge in [-0.2, -0.15) is 0 Å². The van der Waals surface area contributed by atoms with Crippen molar-refractivity contribution >= 4 is 33.2 Å². The molecule has 0 radical (unpaired) electrons. The molecule has 6 heteroatoms. The molecule has 2 amide bonds. The summed E-state index contributed by atoms with van der Waals surface area (Å²) in [5, 5.41) is 10.4. The van der Waals surface area contributed by atoms with E-state index in [0.717, 1.165) is 23.1 Å². The van der Waals surface area contributed by atoms with E-state index in [1.807, 2.05) is 30.3 Å². The van der Waals surface area contributed by atoms with Gasteiger partial charge in [0.2, 0.25) is 5.91 Å². The highest BCUT2D eigenvalue weighted by Crippen LogP contribution is 2.25. The van der Waals surface area contributed by atoms with Crippen LogP contribution in [0.2, 0.25) is 0 Å². The van der Waals surface area contributed by atoms with Gasteiger partial charge in [-0.1, -0.05) is 32.0 Å². The van der Waals surface area contributed by atoms with Gasteiger partial charge in [0.25, 0.3) is 5.91 Å². The number of amides is 2. The van der Waals surface area contributed by atoms with Crippen molar-refractivity contribution in [3.05, 3.63) is 35.2 Å². The van der Waals surface area contributed by atoms with E-state index in [9.17, 15) is 9.59 Å². The Morgan fingerprint density at radius 3 is 2.67 bits per heavy atom. The van der Waals surface area contributed by atoms with Crippen molar-refractivity contribution in [3.8, 4) is 0 Å². The maximum Gasteiger partial charge on any atom is 0.262 e. The summed E-state index contributed by atoms with van der Waals surface area (Å²) in [7, 11) is 0. The average Bonchev–Trinajstić information content (AvgIpc) is 3.35. The molecule has 0 saturated heterocycles. The first-order chi connectivity index (χ1) is 13.0. The molecule has 1 fully saturated rings. The number of thiophene rings is 1. The van der Waals surface area contributed by atoms with Gasteiger partial charge < -0.3 is 16.0 Å². The van der Waals surface area contributed by atoms with Crippen LogP contribution >= 0.6 is 11.3 Å². The molecule has 1 aliphatic rings. The van der Waals surface area contributed by atoms with Crippen molar-refractivity contribution in [2.45, 2.75) is 51.6 Å². The number of rotatable bonds is 10. The Balaban J connectivity index is 1.54. The summed E-state index contributed by atoms with van der Waals surface area (Å²) >= 11 is 1.46. The molecule has 0 bridgehead atoms. The Labute approximate surface area is 164 Å². The summed E-state index contributed by atoms with van der Waals surface area (Å²) in [4.78, 5) is 25.9. The zero-order valence-corrected chi connectivity index (χ0v) is 16.9. The normalized spacial score (nSPS) is 15.1. The minimum Gasteiger partial charge on any atom is -0.354 e. The fourth-order valence-electron chi connectivity index (χ4n) is 3.04. The van der Waals surface area contributed by atoms with Crippen LogP contribution in [0.15, 0.2) is 30.3 Å². The van der Waals surface area contributed by atoms with E-state index >= 15 is 0 Å². The van der Waals surface area contributed by atoms with Crippen molar-refractivity contribution in [2.24, 2.45) is 5.92 Å². The second kappa shape index (κ2) is 9.33. The fourth-order valence-corrected chi connectivity index (χ4v) is 4.01. The maximum absolute atomic E-state index is 12.7. The lowest BCUT2D eigenvalue weighted by molar-refractivity contribution is -0.123.